The summed E-state index contributed by atoms with van der Waals surface area (Å²) in [7, 11) is 1.82. The van der Waals surface area contributed by atoms with Crippen LogP contribution in [-0.4, -0.2) is 13.7 Å². The van der Waals surface area contributed by atoms with Crippen LogP contribution in [0.2, 0.25) is 5.02 Å². The fourth-order valence-corrected chi connectivity index (χ4v) is 2.17. The van der Waals surface area contributed by atoms with E-state index in [1.165, 1.54) is 12.1 Å². The molecule has 21 heavy (non-hydrogen) atoms. The van der Waals surface area contributed by atoms with Crippen molar-refractivity contribution in [3.05, 3.63) is 64.7 Å². The van der Waals surface area contributed by atoms with Crippen molar-refractivity contribution < 1.29 is 13.5 Å². The van der Waals surface area contributed by atoms with E-state index in [1.54, 1.807) is 36.4 Å². The lowest BCUT2D eigenvalue weighted by molar-refractivity contribution is -0.0466. The summed E-state index contributed by atoms with van der Waals surface area (Å²) in [5.74, 6) is -2.80. The van der Waals surface area contributed by atoms with Gasteiger partial charge in [0.15, 0.2) is 6.61 Å². The second-order valence-electron chi connectivity index (χ2n) is 4.65. The number of hydrogen-bond donors (Lipinski definition) is 1. The van der Waals surface area contributed by atoms with Gasteiger partial charge in [-0.3, -0.25) is 0 Å². The third-order valence-electron chi connectivity index (χ3n) is 2.98. The van der Waals surface area contributed by atoms with Crippen LogP contribution in [0.1, 0.15) is 11.1 Å². The summed E-state index contributed by atoms with van der Waals surface area (Å²) >= 11 is 6.04. The first kappa shape index (κ1) is 15.7. The van der Waals surface area contributed by atoms with Gasteiger partial charge >= 0.3 is 5.92 Å². The molecule has 5 heteroatoms. The zero-order chi connectivity index (χ0) is 15.3. The summed E-state index contributed by atoms with van der Waals surface area (Å²) < 4.78 is 33.2. The Morgan fingerprint density at radius 2 is 1.86 bits per heavy atom. The zero-order valence-corrected chi connectivity index (χ0v) is 12.3. The van der Waals surface area contributed by atoms with Gasteiger partial charge in [-0.15, -0.1) is 0 Å². The van der Waals surface area contributed by atoms with Crippen LogP contribution < -0.4 is 10.1 Å². The van der Waals surface area contributed by atoms with Crippen molar-refractivity contribution in [1.29, 1.82) is 0 Å². The molecule has 0 saturated carbocycles. The maximum atomic E-state index is 14.0. The monoisotopic (exact) mass is 311 g/mol. The van der Waals surface area contributed by atoms with Gasteiger partial charge in [0.05, 0.1) is 5.02 Å². The smallest absolute Gasteiger partial charge is 0.306 e. The summed E-state index contributed by atoms with van der Waals surface area (Å²) in [6.07, 6.45) is 0. The number of halogens is 3. The Kier molecular flexibility index (Phi) is 5.15. The molecule has 0 bridgehead atoms. The molecule has 0 saturated heterocycles. The highest BCUT2D eigenvalue weighted by Gasteiger charge is 2.32. The number of rotatable bonds is 6. The molecule has 0 unspecified atom stereocenters. The molecule has 2 aromatic carbocycles. The Balaban J connectivity index is 2.06. The standard InChI is InChI=1S/C16H16ClF2NO/c1-20-10-12-7-8-15(14(17)9-12)21-11-16(18,19)13-5-3-2-4-6-13/h2-9,20H,10-11H2,1H3. The van der Waals surface area contributed by atoms with Gasteiger partial charge in [0.1, 0.15) is 5.75 Å². The van der Waals surface area contributed by atoms with E-state index in [4.69, 9.17) is 16.3 Å². The Morgan fingerprint density at radius 3 is 2.48 bits per heavy atom. The Morgan fingerprint density at radius 1 is 1.14 bits per heavy atom. The van der Waals surface area contributed by atoms with Crippen LogP contribution in [0.15, 0.2) is 48.5 Å². The van der Waals surface area contributed by atoms with Crippen molar-refractivity contribution in [3.8, 4) is 5.75 Å². The molecule has 2 aromatic rings. The number of hydrogen-bond acceptors (Lipinski definition) is 2. The van der Waals surface area contributed by atoms with Crippen molar-refractivity contribution in [2.45, 2.75) is 12.5 Å². The highest BCUT2D eigenvalue weighted by molar-refractivity contribution is 6.32. The minimum Gasteiger partial charge on any atom is -0.485 e. The van der Waals surface area contributed by atoms with Gasteiger partial charge in [-0.25, -0.2) is 0 Å². The van der Waals surface area contributed by atoms with Crippen molar-refractivity contribution in [1.82, 2.24) is 5.32 Å². The molecular weight excluding hydrogens is 296 g/mol. The van der Waals surface area contributed by atoms with Crippen LogP contribution in [0.3, 0.4) is 0 Å². The number of nitrogens with one attached hydrogen (secondary N) is 1. The van der Waals surface area contributed by atoms with Gasteiger partial charge in [-0.05, 0) is 24.7 Å². The van der Waals surface area contributed by atoms with E-state index < -0.39 is 12.5 Å². The molecular formula is C16H16ClF2NO. The third-order valence-corrected chi connectivity index (χ3v) is 3.28. The van der Waals surface area contributed by atoms with Crippen LogP contribution in [0.25, 0.3) is 0 Å². The molecule has 0 heterocycles. The van der Waals surface area contributed by atoms with Crippen LogP contribution in [0.4, 0.5) is 8.78 Å². The summed E-state index contributed by atoms with van der Waals surface area (Å²) in [5.41, 5.74) is 0.887. The van der Waals surface area contributed by atoms with Crippen molar-refractivity contribution in [3.63, 3.8) is 0 Å². The van der Waals surface area contributed by atoms with Crippen molar-refractivity contribution in [2.75, 3.05) is 13.7 Å². The maximum absolute atomic E-state index is 14.0. The molecule has 0 aliphatic carbocycles. The molecule has 0 atom stereocenters. The molecule has 0 spiro atoms. The molecule has 0 amide bonds. The molecule has 0 radical (unpaired) electrons. The molecule has 0 aliphatic rings. The number of alkyl halides is 2. The maximum Gasteiger partial charge on any atom is 0.306 e. The summed E-state index contributed by atoms with van der Waals surface area (Å²) in [6.45, 7) is -0.0950. The number of ether oxygens (including phenoxy) is 1. The lowest BCUT2D eigenvalue weighted by atomic mass is 10.1. The Hall–Kier alpha value is -1.65. The summed E-state index contributed by atoms with van der Waals surface area (Å²) in [5, 5.41) is 3.31. The average Bonchev–Trinajstić information content (AvgIpc) is 2.48. The first-order valence-corrected chi connectivity index (χ1v) is 6.90. The second kappa shape index (κ2) is 6.87. The van der Waals surface area contributed by atoms with Gasteiger partial charge in [0.2, 0.25) is 0 Å². The van der Waals surface area contributed by atoms with Gasteiger partial charge in [-0.2, -0.15) is 8.78 Å². The largest absolute Gasteiger partial charge is 0.485 e. The molecule has 0 aromatic heterocycles. The highest BCUT2D eigenvalue weighted by Crippen LogP contribution is 2.31. The minimum atomic E-state index is -3.06. The minimum absolute atomic E-state index is 0.0760. The molecule has 112 valence electrons. The third kappa shape index (κ3) is 4.16. The zero-order valence-electron chi connectivity index (χ0n) is 11.6. The lowest BCUT2D eigenvalue weighted by Gasteiger charge is -2.18. The van der Waals surface area contributed by atoms with E-state index in [9.17, 15) is 8.78 Å². The van der Waals surface area contributed by atoms with E-state index >= 15 is 0 Å². The fourth-order valence-electron chi connectivity index (χ4n) is 1.91. The summed E-state index contributed by atoms with van der Waals surface area (Å²) in [6, 6.07) is 12.7. The first-order valence-electron chi connectivity index (χ1n) is 6.52. The molecule has 2 rings (SSSR count). The predicted octanol–water partition coefficient (Wildman–Crippen LogP) is 4.23. The lowest BCUT2D eigenvalue weighted by Crippen LogP contribution is -2.23. The van der Waals surface area contributed by atoms with E-state index in [0.717, 1.165) is 5.56 Å². The van der Waals surface area contributed by atoms with Gasteiger partial charge in [0.25, 0.3) is 0 Å². The first-order chi connectivity index (χ1) is 10.0. The average molecular weight is 312 g/mol. The van der Waals surface area contributed by atoms with Gasteiger partial charge < -0.3 is 10.1 Å². The molecule has 0 fully saturated rings. The predicted molar refractivity (Wildman–Crippen MR) is 80.0 cm³/mol. The van der Waals surface area contributed by atoms with Crippen LogP contribution >= 0.6 is 11.6 Å². The van der Waals surface area contributed by atoms with Crippen molar-refractivity contribution >= 4 is 11.6 Å². The van der Waals surface area contributed by atoms with E-state index in [2.05, 4.69) is 5.32 Å². The Bertz CT molecular complexity index is 590. The molecule has 2 nitrogen and oxygen atoms in total. The quantitative estimate of drug-likeness (QED) is 0.862. The highest BCUT2D eigenvalue weighted by atomic mass is 35.5. The topological polar surface area (TPSA) is 21.3 Å². The SMILES string of the molecule is CNCc1ccc(OCC(F)(F)c2ccccc2)c(Cl)c1. The van der Waals surface area contributed by atoms with Crippen LogP contribution in [0, 0.1) is 0 Å². The van der Waals surface area contributed by atoms with E-state index in [0.29, 0.717) is 11.6 Å². The van der Waals surface area contributed by atoms with E-state index in [-0.39, 0.29) is 11.3 Å². The normalized spacial score (nSPS) is 11.4. The summed E-state index contributed by atoms with van der Waals surface area (Å²) in [4.78, 5) is 0. The second-order valence-corrected chi connectivity index (χ2v) is 5.06. The fraction of sp³-hybridized carbons (Fsp3) is 0.250. The molecule has 0 aliphatic heterocycles. The molecule has 1 N–H and O–H groups in total. The van der Waals surface area contributed by atoms with Crippen LogP contribution in [0.5, 0.6) is 5.75 Å². The van der Waals surface area contributed by atoms with Crippen molar-refractivity contribution in [2.24, 2.45) is 0 Å². The number of benzene rings is 2. The van der Waals surface area contributed by atoms with E-state index in [1.807, 2.05) is 7.05 Å². The van der Waals surface area contributed by atoms with Gasteiger partial charge in [0, 0.05) is 12.1 Å². The van der Waals surface area contributed by atoms with Crippen LogP contribution in [-0.2, 0) is 12.5 Å². The Labute approximate surface area is 127 Å². The van der Waals surface area contributed by atoms with Gasteiger partial charge in [-0.1, -0.05) is 48.0 Å².